The zero-order chi connectivity index (χ0) is 13.2. The number of carbonyl (C=O) groups excluding carboxylic acids is 1. The Balaban J connectivity index is 1.98. The maximum absolute atomic E-state index is 12.2. The zero-order valence-electron chi connectivity index (χ0n) is 11.1. The van der Waals surface area contributed by atoms with Gasteiger partial charge in [-0.05, 0) is 18.3 Å². The number of likely N-dealkylation sites (tertiary alicyclic amines) is 1. The van der Waals surface area contributed by atoms with Crippen molar-refractivity contribution in [1.82, 2.24) is 19.9 Å². The second-order valence-corrected chi connectivity index (χ2v) is 5.61. The van der Waals surface area contributed by atoms with Gasteiger partial charge in [0, 0.05) is 19.6 Å². The number of nitrogens with two attached hydrogens (primary N) is 1. The summed E-state index contributed by atoms with van der Waals surface area (Å²) in [6.45, 7) is 7.17. The highest BCUT2D eigenvalue weighted by Gasteiger charge is 2.29. The molecule has 0 aliphatic carbocycles. The number of nitrogens with zero attached hydrogens (tertiary/aromatic N) is 4. The minimum Gasteiger partial charge on any atom is -0.337 e. The lowest BCUT2D eigenvalue weighted by molar-refractivity contribution is 0.0624. The summed E-state index contributed by atoms with van der Waals surface area (Å²) < 4.78 is 1.61. The van der Waals surface area contributed by atoms with Gasteiger partial charge in [-0.25, -0.2) is 0 Å². The molecule has 0 atom stereocenters. The largest absolute Gasteiger partial charge is 0.337 e. The topological polar surface area (TPSA) is 77.0 Å². The van der Waals surface area contributed by atoms with Gasteiger partial charge in [-0.2, -0.15) is 0 Å². The van der Waals surface area contributed by atoms with Crippen molar-refractivity contribution in [3.05, 3.63) is 11.9 Å². The third kappa shape index (κ3) is 2.87. The zero-order valence-corrected chi connectivity index (χ0v) is 11.1. The van der Waals surface area contributed by atoms with Crippen molar-refractivity contribution in [2.75, 3.05) is 19.6 Å². The molecule has 2 rings (SSSR count). The third-order valence-electron chi connectivity index (χ3n) is 3.52. The summed E-state index contributed by atoms with van der Waals surface area (Å²) in [4.78, 5) is 14.1. The number of hydrogen-bond donors (Lipinski definition) is 1. The van der Waals surface area contributed by atoms with Crippen molar-refractivity contribution < 1.29 is 4.79 Å². The molecule has 0 radical (unpaired) electrons. The van der Waals surface area contributed by atoms with Crippen LogP contribution in [-0.2, 0) is 6.54 Å². The van der Waals surface area contributed by atoms with Gasteiger partial charge in [0.25, 0.3) is 5.91 Å². The molecule has 1 aromatic heterocycles. The van der Waals surface area contributed by atoms with E-state index in [1.165, 1.54) is 0 Å². The van der Waals surface area contributed by atoms with Gasteiger partial charge >= 0.3 is 0 Å². The van der Waals surface area contributed by atoms with Crippen LogP contribution in [0.1, 0.15) is 37.2 Å². The molecule has 1 amide bonds. The lowest BCUT2D eigenvalue weighted by Crippen LogP contribution is -2.41. The van der Waals surface area contributed by atoms with Gasteiger partial charge in [0.1, 0.15) is 0 Å². The van der Waals surface area contributed by atoms with Crippen molar-refractivity contribution in [3.63, 3.8) is 0 Å². The van der Waals surface area contributed by atoms with Crippen molar-refractivity contribution in [2.24, 2.45) is 11.1 Å². The molecular formula is C12H21N5O. The second-order valence-electron chi connectivity index (χ2n) is 5.61. The highest BCUT2D eigenvalue weighted by molar-refractivity contribution is 5.91. The van der Waals surface area contributed by atoms with Crippen LogP contribution in [0.2, 0.25) is 0 Å². The Bertz CT molecular complexity index is 416. The molecule has 1 aromatic rings. The van der Waals surface area contributed by atoms with E-state index in [-0.39, 0.29) is 5.91 Å². The van der Waals surface area contributed by atoms with Gasteiger partial charge in [0.05, 0.1) is 12.7 Å². The van der Waals surface area contributed by atoms with E-state index in [2.05, 4.69) is 24.2 Å². The minimum atomic E-state index is -0.0197. The number of rotatable bonds is 3. The van der Waals surface area contributed by atoms with Crippen molar-refractivity contribution >= 4 is 5.91 Å². The normalized spacial score (nSPS) is 18.9. The summed E-state index contributed by atoms with van der Waals surface area (Å²) in [5.74, 6) is -0.0197. The Morgan fingerprint density at radius 3 is 2.72 bits per heavy atom. The predicted molar refractivity (Wildman–Crippen MR) is 68.0 cm³/mol. The number of hydrogen-bond acceptors (Lipinski definition) is 4. The van der Waals surface area contributed by atoms with E-state index >= 15 is 0 Å². The van der Waals surface area contributed by atoms with Crippen molar-refractivity contribution in [3.8, 4) is 0 Å². The van der Waals surface area contributed by atoms with Crippen LogP contribution in [0, 0.1) is 5.41 Å². The van der Waals surface area contributed by atoms with Crippen LogP contribution in [0.25, 0.3) is 0 Å². The first-order valence-electron chi connectivity index (χ1n) is 6.41. The van der Waals surface area contributed by atoms with Crippen LogP contribution >= 0.6 is 0 Å². The fraction of sp³-hybridized carbons (Fsp3) is 0.750. The van der Waals surface area contributed by atoms with Gasteiger partial charge in [0.2, 0.25) is 0 Å². The van der Waals surface area contributed by atoms with Gasteiger partial charge in [-0.1, -0.05) is 19.1 Å². The average Bonchev–Trinajstić information content (AvgIpc) is 2.77. The van der Waals surface area contributed by atoms with Crippen molar-refractivity contribution in [1.29, 1.82) is 0 Å². The molecule has 0 bridgehead atoms. The Labute approximate surface area is 107 Å². The molecule has 0 saturated carbocycles. The molecule has 0 unspecified atom stereocenters. The molecule has 2 heterocycles. The standard InChI is InChI=1S/C12H21N5O/c1-12(2)3-6-16(7-4-12)11(18)10-9-17(8-5-13)15-14-10/h9H,3-8,13H2,1-2H3. The Hall–Kier alpha value is -1.43. The maximum atomic E-state index is 12.2. The molecule has 1 fully saturated rings. The quantitative estimate of drug-likeness (QED) is 0.848. The van der Waals surface area contributed by atoms with Crippen LogP contribution in [0.5, 0.6) is 0 Å². The van der Waals surface area contributed by atoms with E-state index in [0.29, 0.717) is 24.2 Å². The summed E-state index contributed by atoms with van der Waals surface area (Å²) in [6.07, 6.45) is 3.75. The fourth-order valence-corrected chi connectivity index (χ4v) is 2.12. The lowest BCUT2D eigenvalue weighted by atomic mass is 9.82. The summed E-state index contributed by atoms with van der Waals surface area (Å²) in [5, 5.41) is 7.80. The highest BCUT2D eigenvalue weighted by atomic mass is 16.2. The summed E-state index contributed by atoms with van der Waals surface area (Å²) in [7, 11) is 0. The first-order valence-corrected chi connectivity index (χ1v) is 6.41. The SMILES string of the molecule is CC1(C)CCN(C(=O)c2cn(CCN)nn2)CC1. The molecule has 6 heteroatoms. The van der Waals surface area contributed by atoms with Gasteiger partial charge < -0.3 is 10.6 Å². The molecule has 18 heavy (non-hydrogen) atoms. The van der Waals surface area contributed by atoms with Crippen LogP contribution in [0.4, 0.5) is 0 Å². The Morgan fingerprint density at radius 2 is 2.11 bits per heavy atom. The van der Waals surface area contributed by atoms with E-state index < -0.39 is 0 Å². The number of carbonyl (C=O) groups is 1. The minimum absolute atomic E-state index is 0.0197. The highest BCUT2D eigenvalue weighted by Crippen LogP contribution is 2.30. The van der Waals surface area contributed by atoms with Gasteiger partial charge in [-0.3, -0.25) is 9.48 Å². The lowest BCUT2D eigenvalue weighted by Gasteiger charge is -2.36. The molecule has 1 aliphatic heterocycles. The summed E-state index contributed by atoms with van der Waals surface area (Å²) >= 11 is 0. The van der Waals surface area contributed by atoms with Gasteiger partial charge in [-0.15, -0.1) is 5.10 Å². The van der Waals surface area contributed by atoms with E-state index in [1.807, 2.05) is 4.90 Å². The molecule has 1 aliphatic rings. The molecular weight excluding hydrogens is 230 g/mol. The first kappa shape index (κ1) is 13.0. The molecule has 0 aromatic carbocycles. The van der Waals surface area contributed by atoms with Gasteiger partial charge in [0.15, 0.2) is 5.69 Å². The summed E-state index contributed by atoms with van der Waals surface area (Å²) in [6, 6.07) is 0. The third-order valence-corrected chi connectivity index (χ3v) is 3.52. The monoisotopic (exact) mass is 251 g/mol. The van der Waals surface area contributed by atoms with Crippen molar-refractivity contribution in [2.45, 2.75) is 33.2 Å². The second kappa shape index (κ2) is 5.06. The first-order chi connectivity index (χ1) is 8.52. The van der Waals surface area contributed by atoms with Crippen LogP contribution < -0.4 is 5.73 Å². The smallest absolute Gasteiger partial charge is 0.276 e. The van der Waals surface area contributed by atoms with Crippen LogP contribution in [-0.4, -0.2) is 45.4 Å². The van der Waals surface area contributed by atoms with Crippen LogP contribution in [0.3, 0.4) is 0 Å². The maximum Gasteiger partial charge on any atom is 0.276 e. The van der Waals surface area contributed by atoms with E-state index in [4.69, 9.17) is 5.73 Å². The average molecular weight is 251 g/mol. The molecule has 2 N–H and O–H groups in total. The molecule has 100 valence electrons. The Morgan fingerprint density at radius 1 is 1.44 bits per heavy atom. The molecule has 1 saturated heterocycles. The summed E-state index contributed by atoms with van der Waals surface area (Å²) in [5.41, 5.74) is 6.20. The van der Waals surface area contributed by atoms with Crippen LogP contribution in [0.15, 0.2) is 6.20 Å². The fourth-order valence-electron chi connectivity index (χ4n) is 2.12. The van der Waals surface area contributed by atoms with E-state index in [9.17, 15) is 4.79 Å². The number of amides is 1. The number of aromatic nitrogens is 3. The Kier molecular flexibility index (Phi) is 3.65. The van der Waals surface area contributed by atoms with E-state index in [1.54, 1.807) is 10.9 Å². The molecule has 6 nitrogen and oxygen atoms in total. The molecule has 0 spiro atoms. The number of piperidine rings is 1. The predicted octanol–water partition coefficient (Wildman–Crippen LogP) is 0.499. The van der Waals surface area contributed by atoms with E-state index in [0.717, 1.165) is 25.9 Å².